The van der Waals surface area contributed by atoms with Crippen LogP contribution in [-0.4, -0.2) is 32.5 Å². The van der Waals surface area contributed by atoms with E-state index in [0.717, 1.165) is 30.5 Å². The van der Waals surface area contributed by atoms with Crippen molar-refractivity contribution in [3.63, 3.8) is 0 Å². The van der Waals surface area contributed by atoms with Crippen LogP contribution in [0.25, 0.3) is 11.5 Å². The third-order valence-electron chi connectivity index (χ3n) is 4.42. The quantitative estimate of drug-likeness (QED) is 0.733. The highest BCUT2D eigenvalue weighted by Crippen LogP contribution is 2.33. The fraction of sp³-hybridized carbons (Fsp3) is 0.263. The van der Waals surface area contributed by atoms with Gasteiger partial charge in [-0.25, -0.2) is 0 Å². The summed E-state index contributed by atoms with van der Waals surface area (Å²) in [7, 11) is 0. The molecule has 1 unspecified atom stereocenters. The van der Waals surface area contributed by atoms with Gasteiger partial charge in [-0.15, -0.1) is 10.2 Å². The minimum atomic E-state index is -0.140. The number of likely N-dealkylation sites (tertiary alicyclic amines) is 1. The molecule has 1 fully saturated rings. The molecule has 1 atom stereocenters. The molecule has 1 aromatic carbocycles. The van der Waals surface area contributed by atoms with E-state index < -0.39 is 0 Å². The third kappa shape index (κ3) is 3.28. The maximum atomic E-state index is 12.7. The van der Waals surface area contributed by atoms with Gasteiger partial charge in [0.2, 0.25) is 17.7 Å². The second-order valence-electron chi connectivity index (χ2n) is 6.09. The van der Waals surface area contributed by atoms with Crippen molar-refractivity contribution in [1.82, 2.24) is 20.1 Å². The summed E-state index contributed by atoms with van der Waals surface area (Å²) in [5.41, 5.74) is 1.84. The highest BCUT2D eigenvalue weighted by atomic mass is 16.4. The molecule has 0 radical (unpaired) electrons. The SMILES string of the molecule is O=C(Cc1ccccc1)N1CCCC1c1nnc(-c2ccncc2)o1. The lowest BCUT2D eigenvalue weighted by atomic mass is 10.1. The molecule has 1 saturated heterocycles. The number of pyridine rings is 1. The van der Waals surface area contributed by atoms with Gasteiger partial charge in [0.05, 0.1) is 6.42 Å². The zero-order chi connectivity index (χ0) is 17.1. The minimum Gasteiger partial charge on any atom is -0.418 e. The summed E-state index contributed by atoms with van der Waals surface area (Å²) < 4.78 is 5.84. The number of benzene rings is 1. The smallest absolute Gasteiger partial charge is 0.247 e. The van der Waals surface area contributed by atoms with Gasteiger partial charge in [-0.1, -0.05) is 30.3 Å². The van der Waals surface area contributed by atoms with Crippen LogP contribution in [0.5, 0.6) is 0 Å². The maximum absolute atomic E-state index is 12.7. The summed E-state index contributed by atoms with van der Waals surface area (Å²) in [6, 6.07) is 13.3. The van der Waals surface area contributed by atoms with E-state index in [2.05, 4.69) is 15.2 Å². The molecule has 25 heavy (non-hydrogen) atoms. The Morgan fingerprint density at radius 3 is 2.72 bits per heavy atom. The topological polar surface area (TPSA) is 72.1 Å². The van der Waals surface area contributed by atoms with Crippen molar-refractivity contribution in [2.75, 3.05) is 6.54 Å². The lowest BCUT2D eigenvalue weighted by molar-refractivity contribution is -0.131. The number of rotatable bonds is 4. The molecule has 0 spiro atoms. The van der Waals surface area contributed by atoms with Gasteiger partial charge >= 0.3 is 0 Å². The van der Waals surface area contributed by atoms with Gasteiger partial charge < -0.3 is 9.32 Å². The predicted molar refractivity (Wildman–Crippen MR) is 91.4 cm³/mol. The highest BCUT2D eigenvalue weighted by Gasteiger charge is 2.33. The Bertz CT molecular complexity index is 848. The van der Waals surface area contributed by atoms with E-state index in [-0.39, 0.29) is 11.9 Å². The van der Waals surface area contributed by atoms with E-state index >= 15 is 0 Å². The second-order valence-corrected chi connectivity index (χ2v) is 6.09. The maximum Gasteiger partial charge on any atom is 0.247 e. The first-order valence-corrected chi connectivity index (χ1v) is 8.38. The van der Waals surface area contributed by atoms with Gasteiger partial charge in [-0.3, -0.25) is 9.78 Å². The molecule has 1 amide bonds. The summed E-state index contributed by atoms with van der Waals surface area (Å²) >= 11 is 0. The fourth-order valence-electron chi connectivity index (χ4n) is 3.17. The van der Waals surface area contributed by atoms with Crippen LogP contribution in [0.3, 0.4) is 0 Å². The minimum absolute atomic E-state index is 0.0948. The highest BCUT2D eigenvalue weighted by molar-refractivity contribution is 5.79. The summed E-state index contributed by atoms with van der Waals surface area (Å²) in [4.78, 5) is 18.5. The molecule has 6 heteroatoms. The van der Waals surface area contributed by atoms with E-state index in [1.54, 1.807) is 12.4 Å². The standard InChI is InChI=1S/C19H18N4O2/c24-17(13-14-5-2-1-3-6-14)23-12-4-7-16(23)19-22-21-18(25-19)15-8-10-20-11-9-15/h1-3,5-6,8-11,16H,4,7,12-13H2. The number of aromatic nitrogens is 3. The number of hydrogen-bond acceptors (Lipinski definition) is 5. The van der Waals surface area contributed by atoms with Crippen LogP contribution < -0.4 is 0 Å². The van der Waals surface area contributed by atoms with Gasteiger partial charge in [0.15, 0.2) is 0 Å². The van der Waals surface area contributed by atoms with Crippen LogP contribution >= 0.6 is 0 Å². The Morgan fingerprint density at radius 1 is 1.12 bits per heavy atom. The second kappa shape index (κ2) is 6.84. The molecule has 3 aromatic rings. The monoisotopic (exact) mass is 334 g/mol. The summed E-state index contributed by atoms with van der Waals surface area (Å²) in [5, 5.41) is 8.31. The number of carbonyl (C=O) groups is 1. The van der Waals surface area contributed by atoms with Crippen molar-refractivity contribution in [2.45, 2.75) is 25.3 Å². The average Bonchev–Trinajstić information content (AvgIpc) is 3.32. The first-order valence-electron chi connectivity index (χ1n) is 8.38. The van der Waals surface area contributed by atoms with Crippen LogP contribution in [0.4, 0.5) is 0 Å². The van der Waals surface area contributed by atoms with Gasteiger partial charge in [0.25, 0.3) is 0 Å². The van der Waals surface area contributed by atoms with Crippen molar-refractivity contribution in [3.05, 3.63) is 66.3 Å². The van der Waals surface area contributed by atoms with E-state index in [9.17, 15) is 4.79 Å². The molecule has 126 valence electrons. The molecular weight excluding hydrogens is 316 g/mol. The number of nitrogens with zero attached hydrogens (tertiary/aromatic N) is 4. The average molecular weight is 334 g/mol. The Hall–Kier alpha value is -3.02. The van der Waals surface area contributed by atoms with Gasteiger partial charge in [0, 0.05) is 24.5 Å². The van der Waals surface area contributed by atoms with Crippen molar-refractivity contribution in [3.8, 4) is 11.5 Å². The molecule has 2 aromatic heterocycles. The van der Waals surface area contributed by atoms with E-state index in [0.29, 0.717) is 18.2 Å². The van der Waals surface area contributed by atoms with Crippen molar-refractivity contribution >= 4 is 5.91 Å². The van der Waals surface area contributed by atoms with Crippen LogP contribution in [-0.2, 0) is 11.2 Å². The van der Waals surface area contributed by atoms with Crippen molar-refractivity contribution in [2.24, 2.45) is 0 Å². The van der Waals surface area contributed by atoms with Crippen molar-refractivity contribution in [1.29, 1.82) is 0 Å². The first-order chi connectivity index (χ1) is 12.3. The zero-order valence-electron chi connectivity index (χ0n) is 13.7. The Labute approximate surface area is 145 Å². The predicted octanol–water partition coefficient (Wildman–Crippen LogP) is 3.04. The van der Waals surface area contributed by atoms with Gasteiger partial charge in [0.1, 0.15) is 6.04 Å². The Balaban J connectivity index is 1.52. The Kier molecular flexibility index (Phi) is 4.24. The molecular formula is C19H18N4O2. The van der Waals surface area contributed by atoms with E-state index in [1.807, 2.05) is 47.4 Å². The van der Waals surface area contributed by atoms with Gasteiger partial charge in [-0.05, 0) is 30.5 Å². The third-order valence-corrected chi connectivity index (χ3v) is 4.42. The lowest BCUT2D eigenvalue weighted by Crippen LogP contribution is -2.32. The Morgan fingerprint density at radius 2 is 1.92 bits per heavy atom. The molecule has 0 N–H and O–H groups in total. The molecule has 0 bridgehead atoms. The lowest BCUT2D eigenvalue weighted by Gasteiger charge is -2.22. The fourth-order valence-corrected chi connectivity index (χ4v) is 3.17. The zero-order valence-corrected chi connectivity index (χ0v) is 13.7. The molecule has 4 rings (SSSR count). The summed E-state index contributed by atoms with van der Waals surface area (Å²) in [6.45, 7) is 0.725. The molecule has 6 nitrogen and oxygen atoms in total. The number of carbonyl (C=O) groups excluding carboxylic acids is 1. The molecule has 1 aliphatic heterocycles. The largest absolute Gasteiger partial charge is 0.418 e. The summed E-state index contributed by atoms with van der Waals surface area (Å²) in [5.74, 6) is 1.06. The molecule has 0 aliphatic carbocycles. The number of hydrogen-bond donors (Lipinski definition) is 0. The number of amides is 1. The van der Waals surface area contributed by atoms with Crippen molar-refractivity contribution < 1.29 is 9.21 Å². The van der Waals surface area contributed by atoms with E-state index in [4.69, 9.17) is 4.42 Å². The first kappa shape index (κ1) is 15.5. The van der Waals surface area contributed by atoms with E-state index in [1.165, 1.54) is 0 Å². The molecule has 3 heterocycles. The molecule has 0 saturated carbocycles. The van der Waals surface area contributed by atoms with Crippen LogP contribution in [0, 0.1) is 0 Å². The van der Waals surface area contributed by atoms with Crippen LogP contribution in [0.1, 0.15) is 30.3 Å². The van der Waals surface area contributed by atoms with Crippen LogP contribution in [0.2, 0.25) is 0 Å². The van der Waals surface area contributed by atoms with Crippen LogP contribution in [0.15, 0.2) is 59.3 Å². The molecule has 1 aliphatic rings. The summed E-state index contributed by atoms with van der Waals surface area (Å²) in [6.07, 6.45) is 5.55. The normalized spacial score (nSPS) is 17.0. The van der Waals surface area contributed by atoms with Gasteiger partial charge in [-0.2, -0.15) is 0 Å².